The van der Waals surface area contributed by atoms with E-state index < -0.39 is 6.10 Å². The van der Waals surface area contributed by atoms with E-state index in [4.69, 9.17) is 0 Å². The molecule has 0 aliphatic carbocycles. The minimum atomic E-state index is -0.800. The number of hydrogen-bond acceptors (Lipinski definition) is 2. The van der Waals surface area contributed by atoms with Gasteiger partial charge in [0, 0.05) is 15.3 Å². The van der Waals surface area contributed by atoms with Crippen LogP contribution in [0.25, 0.3) is 0 Å². The predicted molar refractivity (Wildman–Crippen MR) is 81.2 cm³/mol. The quantitative estimate of drug-likeness (QED) is 0.811. The second-order valence-corrected chi connectivity index (χ2v) is 7.41. The van der Waals surface area contributed by atoms with Gasteiger partial charge < -0.3 is 5.11 Å². The summed E-state index contributed by atoms with van der Waals surface area (Å²) in [6.07, 6.45) is -0.800. The summed E-state index contributed by atoms with van der Waals surface area (Å²) in [6, 6.07) is 8.64. The highest BCUT2D eigenvalue weighted by atomic mass is 79.9. The molecule has 0 fully saturated rings. The lowest BCUT2D eigenvalue weighted by molar-refractivity contribution is 0.222. The van der Waals surface area contributed by atoms with Crippen molar-refractivity contribution in [1.82, 2.24) is 0 Å². The maximum absolute atomic E-state index is 13.5. The Labute approximate surface area is 125 Å². The highest BCUT2D eigenvalue weighted by Gasteiger charge is 2.21. The van der Waals surface area contributed by atoms with Crippen molar-refractivity contribution in [2.75, 3.05) is 0 Å². The zero-order valence-corrected chi connectivity index (χ0v) is 13.5. The van der Waals surface area contributed by atoms with E-state index in [9.17, 15) is 9.50 Å². The van der Waals surface area contributed by atoms with E-state index in [0.717, 1.165) is 4.88 Å². The standard InChI is InChI=1S/C15H16BrFOS/c1-15(2,3)12-8-7-11(19-12)14(18)9-5-4-6-10(17)13(9)16/h4-8,14,18H,1-3H3. The molecule has 1 aromatic carbocycles. The monoisotopic (exact) mass is 342 g/mol. The molecule has 0 spiro atoms. The molecule has 19 heavy (non-hydrogen) atoms. The van der Waals surface area contributed by atoms with Gasteiger partial charge in [-0.2, -0.15) is 0 Å². The summed E-state index contributed by atoms with van der Waals surface area (Å²) in [5.41, 5.74) is 0.615. The maximum atomic E-state index is 13.5. The SMILES string of the molecule is CC(C)(C)c1ccc(C(O)c2cccc(F)c2Br)s1. The van der Waals surface area contributed by atoms with Gasteiger partial charge in [-0.3, -0.25) is 0 Å². The number of rotatable bonds is 2. The fraction of sp³-hybridized carbons (Fsp3) is 0.333. The van der Waals surface area contributed by atoms with Gasteiger partial charge >= 0.3 is 0 Å². The Bertz CT molecular complexity index is 586. The van der Waals surface area contributed by atoms with E-state index in [1.807, 2.05) is 12.1 Å². The fourth-order valence-electron chi connectivity index (χ4n) is 1.79. The molecule has 1 unspecified atom stereocenters. The average molecular weight is 343 g/mol. The van der Waals surface area contributed by atoms with E-state index in [0.29, 0.717) is 10.0 Å². The lowest BCUT2D eigenvalue weighted by Crippen LogP contribution is -2.07. The van der Waals surface area contributed by atoms with Crippen LogP contribution in [0, 0.1) is 5.82 Å². The first-order valence-corrected chi connectivity index (χ1v) is 7.64. The van der Waals surface area contributed by atoms with Crippen LogP contribution < -0.4 is 0 Å². The van der Waals surface area contributed by atoms with Gasteiger partial charge in [-0.15, -0.1) is 11.3 Å². The van der Waals surface area contributed by atoms with Crippen molar-refractivity contribution in [2.24, 2.45) is 0 Å². The van der Waals surface area contributed by atoms with Crippen LogP contribution in [-0.4, -0.2) is 5.11 Å². The molecule has 0 bridgehead atoms. The highest BCUT2D eigenvalue weighted by Crippen LogP contribution is 2.37. The Morgan fingerprint density at radius 1 is 1.21 bits per heavy atom. The van der Waals surface area contributed by atoms with Gasteiger partial charge in [-0.05, 0) is 39.5 Å². The number of halogens is 2. The number of benzene rings is 1. The van der Waals surface area contributed by atoms with Crippen molar-refractivity contribution in [2.45, 2.75) is 32.3 Å². The Hall–Kier alpha value is -0.710. The Kier molecular flexibility index (Phi) is 4.14. The molecule has 4 heteroatoms. The number of thiophene rings is 1. The first kappa shape index (κ1) is 14.7. The van der Waals surface area contributed by atoms with Gasteiger partial charge in [0.2, 0.25) is 0 Å². The zero-order valence-electron chi connectivity index (χ0n) is 11.1. The van der Waals surface area contributed by atoms with Crippen LogP contribution in [0.4, 0.5) is 4.39 Å². The minimum Gasteiger partial charge on any atom is -0.383 e. The third-order valence-corrected chi connectivity index (χ3v) is 5.31. The Balaban J connectivity index is 2.37. The summed E-state index contributed by atoms with van der Waals surface area (Å²) < 4.78 is 13.8. The second kappa shape index (κ2) is 5.35. The van der Waals surface area contributed by atoms with Crippen LogP contribution in [0.5, 0.6) is 0 Å². The molecular formula is C15H16BrFOS. The highest BCUT2D eigenvalue weighted by molar-refractivity contribution is 9.10. The van der Waals surface area contributed by atoms with Crippen molar-refractivity contribution < 1.29 is 9.50 Å². The summed E-state index contributed by atoms with van der Waals surface area (Å²) >= 11 is 4.76. The van der Waals surface area contributed by atoms with Crippen LogP contribution in [0.2, 0.25) is 0 Å². The topological polar surface area (TPSA) is 20.2 Å². The van der Waals surface area contributed by atoms with Gasteiger partial charge in [0.1, 0.15) is 11.9 Å². The summed E-state index contributed by atoms with van der Waals surface area (Å²) in [6.45, 7) is 6.40. The molecule has 0 aliphatic heterocycles. The molecule has 1 atom stereocenters. The van der Waals surface area contributed by atoms with Gasteiger partial charge in [-0.1, -0.05) is 32.9 Å². The number of aliphatic hydroxyl groups is 1. The first-order chi connectivity index (χ1) is 8.80. The first-order valence-electron chi connectivity index (χ1n) is 6.03. The molecule has 2 aromatic rings. The number of hydrogen-bond donors (Lipinski definition) is 1. The normalized spacial score (nSPS) is 13.6. The largest absolute Gasteiger partial charge is 0.383 e. The number of aliphatic hydroxyl groups excluding tert-OH is 1. The Morgan fingerprint density at radius 2 is 1.89 bits per heavy atom. The van der Waals surface area contributed by atoms with Crippen LogP contribution in [0.15, 0.2) is 34.8 Å². The van der Waals surface area contributed by atoms with E-state index in [2.05, 4.69) is 36.7 Å². The lowest BCUT2D eigenvalue weighted by atomic mass is 9.95. The second-order valence-electron chi connectivity index (χ2n) is 5.50. The molecular weight excluding hydrogens is 327 g/mol. The van der Waals surface area contributed by atoms with Crippen molar-refractivity contribution in [3.8, 4) is 0 Å². The van der Waals surface area contributed by atoms with Gasteiger partial charge in [0.25, 0.3) is 0 Å². The van der Waals surface area contributed by atoms with Crippen molar-refractivity contribution >= 4 is 27.3 Å². The molecule has 0 amide bonds. The van der Waals surface area contributed by atoms with E-state index >= 15 is 0 Å². The smallest absolute Gasteiger partial charge is 0.137 e. The molecule has 0 saturated heterocycles. The molecule has 0 radical (unpaired) electrons. The van der Waals surface area contributed by atoms with Crippen molar-refractivity contribution in [3.63, 3.8) is 0 Å². The van der Waals surface area contributed by atoms with Gasteiger partial charge in [-0.25, -0.2) is 4.39 Å². The molecule has 102 valence electrons. The van der Waals surface area contributed by atoms with E-state index in [1.54, 1.807) is 23.5 Å². The predicted octanol–water partition coefficient (Wildman–Crippen LogP) is 5.03. The molecule has 0 saturated carbocycles. The van der Waals surface area contributed by atoms with Crippen LogP contribution in [-0.2, 0) is 5.41 Å². The summed E-state index contributed by atoms with van der Waals surface area (Å²) in [4.78, 5) is 2.03. The summed E-state index contributed by atoms with van der Waals surface area (Å²) in [5, 5.41) is 10.4. The van der Waals surface area contributed by atoms with Crippen molar-refractivity contribution in [3.05, 3.63) is 55.9 Å². The molecule has 0 aliphatic rings. The molecule has 1 nitrogen and oxygen atoms in total. The maximum Gasteiger partial charge on any atom is 0.137 e. The average Bonchev–Trinajstić information content (AvgIpc) is 2.81. The Morgan fingerprint density at radius 3 is 2.47 bits per heavy atom. The summed E-state index contributed by atoms with van der Waals surface area (Å²) in [5.74, 6) is -0.357. The van der Waals surface area contributed by atoms with Crippen molar-refractivity contribution in [1.29, 1.82) is 0 Å². The zero-order chi connectivity index (χ0) is 14.2. The lowest BCUT2D eigenvalue weighted by Gasteiger charge is -2.16. The van der Waals surface area contributed by atoms with Crippen LogP contribution in [0.1, 0.15) is 42.2 Å². The van der Waals surface area contributed by atoms with Crippen LogP contribution >= 0.6 is 27.3 Å². The fourth-order valence-corrected chi connectivity index (χ4v) is 3.34. The molecule has 2 rings (SSSR count). The third kappa shape index (κ3) is 3.07. The minimum absolute atomic E-state index is 0.0573. The molecule has 1 aromatic heterocycles. The molecule has 1 heterocycles. The van der Waals surface area contributed by atoms with E-state index in [-0.39, 0.29) is 11.2 Å². The van der Waals surface area contributed by atoms with Gasteiger partial charge in [0.15, 0.2) is 0 Å². The van der Waals surface area contributed by atoms with Crippen LogP contribution in [0.3, 0.4) is 0 Å². The third-order valence-electron chi connectivity index (χ3n) is 2.91. The van der Waals surface area contributed by atoms with E-state index in [1.165, 1.54) is 10.9 Å². The van der Waals surface area contributed by atoms with Gasteiger partial charge in [0.05, 0.1) is 4.47 Å². The summed E-state index contributed by atoms with van der Waals surface area (Å²) in [7, 11) is 0. The molecule has 1 N–H and O–H groups in total.